The van der Waals surface area contributed by atoms with E-state index in [4.69, 9.17) is 37.9 Å². The molecule has 0 bridgehead atoms. The third-order valence-electron chi connectivity index (χ3n) is 11.1. The topological polar surface area (TPSA) is 394 Å². The van der Waals surface area contributed by atoms with Crippen molar-refractivity contribution in [2.75, 3.05) is 19.8 Å². The van der Waals surface area contributed by atoms with Gasteiger partial charge in [-0.2, -0.15) is 0 Å². The van der Waals surface area contributed by atoms with E-state index in [1.807, 2.05) is 0 Å². The molecule has 0 amide bonds. The number of hydrogen-bond acceptors (Lipinski definition) is 24. The van der Waals surface area contributed by atoms with Crippen molar-refractivity contribution < 1.29 is 119 Å². The molecular formula is C42H48O24. The number of hydrogen-bond donors (Lipinski definition) is 15. The highest BCUT2D eigenvalue weighted by molar-refractivity contribution is 5.87. The van der Waals surface area contributed by atoms with Crippen molar-refractivity contribution in [2.45, 2.75) is 98.2 Å². The summed E-state index contributed by atoms with van der Waals surface area (Å²) in [7, 11) is 0. The normalized spacial score (nSPS) is 34.4. The zero-order chi connectivity index (χ0) is 47.7. The second-order valence-electron chi connectivity index (χ2n) is 15.6. The summed E-state index contributed by atoms with van der Waals surface area (Å²) in [5.41, 5.74) is 0.318. The fourth-order valence-electron chi connectivity index (χ4n) is 7.33. The smallest absolute Gasteiger partial charge is 0.330 e. The summed E-state index contributed by atoms with van der Waals surface area (Å²) in [6.07, 6.45) is -23.8. The summed E-state index contributed by atoms with van der Waals surface area (Å²) in [6, 6.07) is 9.52. The van der Waals surface area contributed by atoms with E-state index in [0.29, 0.717) is 0 Å². The monoisotopic (exact) mass is 936 g/mol. The van der Waals surface area contributed by atoms with Crippen LogP contribution in [0.4, 0.5) is 0 Å². The number of ether oxygens (including phenoxy) is 8. The molecule has 24 nitrogen and oxygen atoms in total. The first kappa shape index (κ1) is 48.4. The average Bonchev–Trinajstić information content (AvgIpc) is 3.29. The molecule has 360 valence electrons. The Morgan fingerprint density at radius 3 is 1.71 bits per heavy atom. The van der Waals surface area contributed by atoms with Gasteiger partial charge in [-0.25, -0.2) is 4.79 Å². The Morgan fingerprint density at radius 1 is 0.576 bits per heavy atom. The number of phenols is 4. The summed E-state index contributed by atoms with van der Waals surface area (Å²) >= 11 is 0. The van der Waals surface area contributed by atoms with Crippen LogP contribution >= 0.6 is 0 Å². The lowest BCUT2D eigenvalue weighted by Crippen LogP contribution is -2.60. The van der Waals surface area contributed by atoms with Crippen LogP contribution in [0.25, 0.3) is 12.2 Å². The van der Waals surface area contributed by atoms with Crippen LogP contribution in [0.1, 0.15) is 22.8 Å². The lowest BCUT2D eigenvalue weighted by atomic mass is 9.98. The van der Waals surface area contributed by atoms with Crippen molar-refractivity contribution in [2.24, 2.45) is 0 Å². The Hall–Kier alpha value is -5.55. The Bertz CT molecular complexity index is 2250. The molecule has 0 aliphatic carbocycles. The molecule has 4 heterocycles. The van der Waals surface area contributed by atoms with E-state index < -0.39 is 147 Å². The number of carbonyl (C=O) groups is 1. The van der Waals surface area contributed by atoms with Crippen LogP contribution in [0, 0.1) is 0 Å². The zero-order valence-corrected chi connectivity index (χ0v) is 34.1. The highest BCUT2D eigenvalue weighted by Crippen LogP contribution is 2.46. The van der Waals surface area contributed by atoms with Crippen LogP contribution in [-0.4, -0.2) is 195 Å². The second kappa shape index (κ2) is 20.1. The Kier molecular flexibility index (Phi) is 14.8. The Labute approximate surface area is 372 Å². The van der Waals surface area contributed by atoms with Crippen molar-refractivity contribution in [3.05, 3.63) is 77.1 Å². The highest BCUT2D eigenvalue weighted by Gasteiger charge is 2.48. The molecule has 24 heteroatoms. The van der Waals surface area contributed by atoms with Gasteiger partial charge in [0.15, 0.2) is 29.1 Å². The first-order valence-electron chi connectivity index (χ1n) is 20.1. The molecule has 0 saturated carbocycles. The minimum absolute atomic E-state index is 0.0247. The minimum atomic E-state index is -1.98. The summed E-state index contributed by atoms with van der Waals surface area (Å²) in [5, 5.41) is 155. The predicted molar refractivity (Wildman–Crippen MR) is 214 cm³/mol. The number of fused-ring (bicyclic) bond motifs is 1. The molecule has 3 aromatic carbocycles. The molecule has 3 fully saturated rings. The molecule has 1 unspecified atom stereocenters. The average molecular weight is 937 g/mol. The number of aliphatic hydroxyl groups is 11. The molecular weight excluding hydrogens is 888 g/mol. The lowest BCUT2D eigenvalue weighted by Gasteiger charge is -2.41. The van der Waals surface area contributed by atoms with Gasteiger partial charge >= 0.3 is 5.97 Å². The maximum atomic E-state index is 12.9. The van der Waals surface area contributed by atoms with Gasteiger partial charge < -0.3 is 114 Å². The third kappa shape index (κ3) is 10.1. The molecule has 7 rings (SSSR count). The zero-order valence-electron chi connectivity index (χ0n) is 34.1. The van der Waals surface area contributed by atoms with Crippen molar-refractivity contribution in [1.29, 1.82) is 0 Å². The molecule has 0 aromatic heterocycles. The van der Waals surface area contributed by atoms with Gasteiger partial charge in [-0.15, -0.1) is 0 Å². The number of esters is 1. The molecule has 4 aliphatic rings. The van der Waals surface area contributed by atoms with Crippen LogP contribution in [0.3, 0.4) is 0 Å². The van der Waals surface area contributed by atoms with Crippen LogP contribution in [0.5, 0.6) is 40.2 Å². The summed E-state index contributed by atoms with van der Waals surface area (Å²) in [5.74, 6) is -3.91. The fourth-order valence-corrected chi connectivity index (χ4v) is 7.33. The number of rotatable bonds is 13. The summed E-state index contributed by atoms with van der Waals surface area (Å²) in [4.78, 5) is 12.9. The maximum absolute atomic E-state index is 12.9. The SMILES string of the molecule is O=C(/C=C/c1ccc(O)c(O[C@@H]2O[C@@H](CO)[C@@H](O)[C@H](O)[C@H]2O)c1)OC[C@H]1O[C@@H](OC2=Cc3c(cc(O)cc3O[C@@H]3O[C@H](CO)[C@@H](O)[C@H](O)[C@H]3O)OC2c2ccc(O)c(O)c2)[C@H](O)[C@H](O)[C@@H]1O. The van der Waals surface area contributed by atoms with Crippen LogP contribution in [0.15, 0.2) is 60.4 Å². The Morgan fingerprint density at radius 2 is 1.12 bits per heavy atom. The van der Waals surface area contributed by atoms with Crippen molar-refractivity contribution in [1.82, 2.24) is 0 Å². The minimum Gasteiger partial charge on any atom is -0.508 e. The van der Waals surface area contributed by atoms with E-state index in [0.717, 1.165) is 30.3 Å². The van der Waals surface area contributed by atoms with Gasteiger partial charge in [0.2, 0.25) is 18.9 Å². The van der Waals surface area contributed by atoms with Crippen molar-refractivity contribution in [3.8, 4) is 40.2 Å². The second-order valence-corrected chi connectivity index (χ2v) is 15.6. The molecule has 4 aliphatic heterocycles. The molecule has 15 N–H and O–H groups in total. The summed E-state index contributed by atoms with van der Waals surface area (Å²) < 4.78 is 45.3. The lowest BCUT2D eigenvalue weighted by molar-refractivity contribution is -0.294. The number of aromatic hydroxyl groups is 4. The van der Waals surface area contributed by atoms with Crippen LogP contribution < -0.4 is 14.2 Å². The highest BCUT2D eigenvalue weighted by atomic mass is 16.7. The third-order valence-corrected chi connectivity index (χ3v) is 11.1. The van der Waals surface area contributed by atoms with Crippen molar-refractivity contribution in [3.63, 3.8) is 0 Å². The van der Waals surface area contributed by atoms with Crippen molar-refractivity contribution >= 4 is 18.1 Å². The molecule has 3 saturated heterocycles. The first-order valence-corrected chi connectivity index (χ1v) is 20.1. The first-order chi connectivity index (χ1) is 31.4. The number of benzene rings is 3. The fraction of sp³-hybridized carbons (Fsp3) is 0.452. The van der Waals surface area contributed by atoms with Crippen LogP contribution in [0.2, 0.25) is 0 Å². The molecule has 3 aromatic rings. The molecule has 0 radical (unpaired) electrons. The standard InChI is InChI=1S/C42H48O24/c43-12-26-30(50)33(53)36(56)40(64-26)61-23-10-17(45)9-22-18(23)11-25(39(60-22)16-3-5-19(46)21(48)8-16)63-42-38(58)35(55)32(52)28(66-42)14-59-29(49)6-2-15-1-4-20(47)24(7-15)62-41-37(57)34(54)31(51)27(13-44)65-41/h1-11,26-28,30-48,50-58H,12-14H2/b6-2+/t26-,27+,28-,30-,31-,32-,33+,34+,35-,36-,37-,38-,39?,40-,41-,42-/m1/s1. The number of phenolic OH excluding ortho intramolecular Hbond substituents is 4. The van der Waals surface area contributed by atoms with E-state index in [2.05, 4.69) is 0 Å². The van der Waals surface area contributed by atoms with Gasteiger partial charge in [0.1, 0.15) is 103 Å². The van der Waals surface area contributed by atoms with Gasteiger partial charge in [-0.3, -0.25) is 0 Å². The maximum Gasteiger partial charge on any atom is 0.330 e. The molecule has 0 spiro atoms. The van der Waals surface area contributed by atoms with Gasteiger partial charge in [0.05, 0.1) is 18.8 Å². The van der Waals surface area contributed by atoms with Crippen LogP contribution in [-0.2, 0) is 28.5 Å². The largest absolute Gasteiger partial charge is 0.508 e. The predicted octanol–water partition coefficient (Wildman–Crippen LogP) is -3.58. The van der Waals surface area contributed by atoms with E-state index >= 15 is 0 Å². The van der Waals surface area contributed by atoms with Gasteiger partial charge in [0, 0.05) is 23.8 Å². The van der Waals surface area contributed by atoms with E-state index in [1.54, 1.807) is 0 Å². The van der Waals surface area contributed by atoms with E-state index in [1.165, 1.54) is 36.4 Å². The van der Waals surface area contributed by atoms with Gasteiger partial charge in [-0.05, 0) is 42.0 Å². The molecule has 66 heavy (non-hydrogen) atoms. The Balaban J connectivity index is 1.08. The quantitative estimate of drug-likeness (QED) is 0.0448. The number of aliphatic hydroxyl groups excluding tert-OH is 11. The van der Waals surface area contributed by atoms with Gasteiger partial charge in [0.25, 0.3) is 0 Å². The molecule has 16 atom stereocenters. The number of carbonyl (C=O) groups excluding carboxylic acids is 1. The van der Waals surface area contributed by atoms with E-state index in [9.17, 15) is 81.4 Å². The summed E-state index contributed by atoms with van der Waals surface area (Å²) in [6.45, 7) is -2.24. The van der Waals surface area contributed by atoms with Gasteiger partial charge in [-0.1, -0.05) is 12.1 Å². The van der Waals surface area contributed by atoms with E-state index in [-0.39, 0.29) is 39.7 Å².